The summed E-state index contributed by atoms with van der Waals surface area (Å²) in [5.41, 5.74) is 13.5. The standard InChI is InChI=1S/C72H58N8O8S4/c1-45-17-25-57(26-18-45)89(81,82)77-53-13-5-9-49(41-53)69-61-33-35-63(73-61)70(50-10-6-14-54(42-50)78-90(83,84)58-27-19-46(2)20-28-58)65-37-39-67(75-65)72(52-12-8-16-56(44-52)80-92(87,88)60-31-23-48(4)24-32-60)68-40-38-66(76-68)71(64-36-34-62(69)74-64)51-11-7-15-55(43-51)79-91(85,86)59-29-21-47(3)22-30-59/h5-44,73,76-80H,1-4H3. The molecule has 3 aromatic heterocycles. The van der Waals surface area contributed by atoms with Gasteiger partial charge < -0.3 is 9.97 Å². The van der Waals surface area contributed by atoms with Crippen LogP contribution >= 0.6 is 0 Å². The number of sulfonamides is 4. The van der Waals surface area contributed by atoms with Crippen LogP contribution in [0.1, 0.15) is 45.0 Å². The third-order valence-corrected chi connectivity index (χ3v) is 21.3. The molecule has 5 heterocycles. The van der Waals surface area contributed by atoms with Crippen molar-refractivity contribution >= 4 is 109 Å². The number of H-pyrrole nitrogens is 2. The molecule has 458 valence electrons. The number of hydrogen-bond acceptors (Lipinski definition) is 10. The Morgan fingerprint density at radius 2 is 0.478 bits per heavy atom. The summed E-state index contributed by atoms with van der Waals surface area (Å²) < 4.78 is 123. The van der Waals surface area contributed by atoms with Gasteiger partial charge in [-0.05, 0) is 196 Å². The van der Waals surface area contributed by atoms with E-state index in [1.54, 1.807) is 170 Å². The molecule has 13 rings (SSSR count). The lowest BCUT2D eigenvalue weighted by Gasteiger charge is -2.12. The summed E-state index contributed by atoms with van der Waals surface area (Å²) in [6, 6.07) is 61.9. The van der Waals surface area contributed by atoms with Crippen molar-refractivity contribution in [2.75, 3.05) is 18.9 Å². The summed E-state index contributed by atoms with van der Waals surface area (Å²) in [6.45, 7) is 7.51. The van der Waals surface area contributed by atoms with Crippen molar-refractivity contribution in [3.63, 3.8) is 0 Å². The molecule has 0 atom stereocenters. The van der Waals surface area contributed by atoms with Gasteiger partial charge in [0.15, 0.2) is 0 Å². The Hall–Kier alpha value is -10.6. The van der Waals surface area contributed by atoms with Gasteiger partial charge in [0, 0.05) is 67.1 Å². The van der Waals surface area contributed by atoms with Gasteiger partial charge in [-0.25, -0.2) is 43.6 Å². The summed E-state index contributed by atoms with van der Waals surface area (Å²) in [4.78, 5) is 18.5. The van der Waals surface area contributed by atoms with Crippen LogP contribution in [-0.4, -0.2) is 53.6 Å². The Bertz CT molecular complexity index is 4820. The topological polar surface area (TPSA) is 242 Å². The first kappa shape index (κ1) is 60.3. The average Bonchev–Trinajstić information content (AvgIpc) is 1.61. The second kappa shape index (κ2) is 24.0. The Morgan fingerprint density at radius 3 is 0.685 bits per heavy atom. The van der Waals surface area contributed by atoms with Crippen LogP contribution in [0, 0.1) is 27.7 Å². The van der Waals surface area contributed by atoms with Crippen LogP contribution in [0.4, 0.5) is 22.7 Å². The van der Waals surface area contributed by atoms with Gasteiger partial charge in [-0.1, -0.05) is 119 Å². The molecular weight excluding hydrogens is 1230 g/mol. The highest BCUT2D eigenvalue weighted by atomic mass is 32.2. The molecule has 0 amide bonds. The van der Waals surface area contributed by atoms with E-state index in [1.165, 1.54) is 0 Å². The minimum atomic E-state index is -4.05. The molecule has 92 heavy (non-hydrogen) atoms. The van der Waals surface area contributed by atoms with Crippen molar-refractivity contribution in [2.45, 2.75) is 47.3 Å². The Balaban J connectivity index is 1.07. The summed E-state index contributed by atoms with van der Waals surface area (Å²) in [5, 5.41) is 0. The minimum Gasteiger partial charge on any atom is -0.354 e. The van der Waals surface area contributed by atoms with E-state index < -0.39 is 40.1 Å². The molecule has 2 aliphatic heterocycles. The van der Waals surface area contributed by atoms with Crippen LogP contribution < -0.4 is 18.9 Å². The monoisotopic (exact) mass is 1290 g/mol. The molecule has 0 spiro atoms. The number of benzene rings is 8. The van der Waals surface area contributed by atoms with E-state index in [9.17, 15) is 33.7 Å². The van der Waals surface area contributed by atoms with E-state index in [-0.39, 0.29) is 42.3 Å². The predicted molar refractivity (Wildman–Crippen MR) is 369 cm³/mol. The zero-order valence-corrected chi connectivity index (χ0v) is 53.2. The molecule has 0 unspecified atom stereocenters. The maximum Gasteiger partial charge on any atom is 0.261 e. The van der Waals surface area contributed by atoms with Gasteiger partial charge in [0.2, 0.25) is 0 Å². The fourth-order valence-electron chi connectivity index (χ4n) is 11.1. The smallest absolute Gasteiger partial charge is 0.261 e. The third-order valence-electron chi connectivity index (χ3n) is 15.7. The number of aryl methyl sites for hydroxylation is 4. The number of aromatic nitrogens is 4. The second-order valence-electron chi connectivity index (χ2n) is 22.5. The molecule has 8 aromatic carbocycles. The number of hydrogen-bond donors (Lipinski definition) is 6. The highest BCUT2D eigenvalue weighted by Gasteiger charge is 2.24. The van der Waals surface area contributed by atoms with Gasteiger partial charge in [-0.15, -0.1) is 0 Å². The lowest BCUT2D eigenvalue weighted by atomic mass is 10.0. The lowest BCUT2D eigenvalue weighted by Crippen LogP contribution is -2.12. The van der Waals surface area contributed by atoms with Crippen LogP contribution in [-0.2, 0) is 40.1 Å². The summed E-state index contributed by atoms with van der Waals surface area (Å²) >= 11 is 0. The van der Waals surface area contributed by atoms with E-state index in [1.807, 2.05) is 101 Å². The first-order valence-electron chi connectivity index (χ1n) is 29.1. The molecule has 8 bridgehead atoms. The Morgan fingerprint density at radius 1 is 0.272 bits per heavy atom. The Kier molecular flexibility index (Phi) is 15.7. The first-order chi connectivity index (χ1) is 44.1. The fraction of sp³-hybridized carbons (Fsp3) is 0.0556. The molecule has 0 saturated carbocycles. The largest absolute Gasteiger partial charge is 0.354 e. The van der Waals surface area contributed by atoms with Crippen LogP contribution in [0.3, 0.4) is 0 Å². The van der Waals surface area contributed by atoms with Gasteiger partial charge in [-0.3, -0.25) is 18.9 Å². The molecule has 11 aromatic rings. The summed E-state index contributed by atoms with van der Waals surface area (Å²) in [5.74, 6) is 0. The van der Waals surface area contributed by atoms with Crippen molar-refractivity contribution in [1.82, 2.24) is 19.9 Å². The molecule has 20 heteroatoms. The molecule has 16 nitrogen and oxygen atoms in total. The summed E-state index contributed by atoms with van der Waals surface area (Å²) in [6.07, 6.45) is 7.44. The molecule has 2 aliphatic rings. The lowest BCUT2D eigenvalue weighted by molar-refractivity contribution is 0.599. The van der Waals surface area contributed by atoms with E-state index in [2.05, 4.69) is 28.9 Å². The summed E-state index contributed by atoms with van der Waals surface area (Å²) in [7, 11) is -16.2. The van der Waals surface area contributed by atoms with Crippen molar-refractivity contribution in [3.05, 3.63) is 263 Å². The maximum absolute atomic E-state index is 14.0. The zero-order valence-electron chi connectivity index (χ0n) is 49.9. The highest BCUT2D eigenvalue weighted by Crippen LogP contribution is 2.41. The first-order valence-corrected chi connectivity index (χ1v) is 35.0. The Labute approximate surface area is 533 Å². The second-order valence-corrected chi connectivity index (χ2v) is 29.2. The van der Waals surface area contributed by atoms with Crippen LogP contribution in [0.25, 0.3) is 90.9 Å². The van der Waals surface area contributed by atoms with E-state index >= 15 is 0 Å². The fourth-order valence-corrected chi connectivity index (χ4v) is 15.3. The van der Waals surface area contributed by atoms with Crippen LogP contribution in [0.5, 0.6) is 0 Å². The van der Waals surface area contributed by atoms with Crippen LogP contribution in [0.15, 0.2) is 238 Å². The molecule has 0 saturated heterocycles. The van der Waals surface area contributed by atoms with Crippen molar-refractivity contribution in [3.8, 4) is 44.5 Å². The molecule has 0 fully saturated rings. The van der Waals surface area contributed by atoms with Gasteiger partial charge in [-0.2, -0.15) is 0 Å². The number of anilines is 4. The van der Waals surface area contributed by atoms with Gasteiger partial charge >= 0.3 is 0 Å². The van der Waals surface area contributed by atoms with E-state index in [0.717, 1.165) is 22.3 Å². The number of fused-ring (bicyclic) bond motifs is 8. The predicted octanol–water partition coefficient (Wildman–Crippen LogP) is 15.8. The SMILES string of the molecule is Cc1ccc(S(=O)(=O)Nc2cccc(-c3c4nc(c(-c5cccc(NS(=O)(=O)c6ccc(C)cc6)c5)c5ccc([nH]5)c(-c5cccc(NS(=O)(=O)c6ccc(C)cc6)c5)c5nc(c(-c6cccc(NS(=O)(=O)c7ccc(C)cc7)c6)c6ccc3[nH]6)C=C5)C=C4)c2)cc1. The van der Waals surface area contributed by atoms with E-state index in [4.69, 9.17) is 9.97 Å². The number of aromatic amines is 2. The van der Waals surface area contributed by atoms with Crippen molar-refractivity contribution in [2.24, 2.45) is 0 Å². The quantitative estimate of drug-likeness (QED) is 0.0534. The molecular formula is C72H58N8O8S4. The normalized spacial score (nSPS) is 12.4. The number of rotatable bonds is 16. The van der Waals surface area contributed by atoms with E-state index in [0.29, 0.717) is 89.4 Å². The van der Waals surface area contributed by atoms with Gasteiger partial charge in [0.1, 0.15) is 0 Å². The minimum absolute atomic E-state index is 0.0868. The highest BCUT2D eigenvalue weighted by molar-refractivity contribution is 7.93. The maximum atomic E-state index is 14.0. The van der Waals surface area contributed by atoms with Crippen LogP contribution in [0.2, 0.25) is 0 Å². The van der Waals surface area contributed by atoms with Crippen molar-refractivity contribution in [1.29, 1.82) is 0 Å². The molecule has 0 aliphatic carbocycles. The average molecular weight is 1290 g/mol. The number of nitrogens with zero attached hydrogens (tertiary/aromatic N) is 2. The number of nitrogens with one attached hydrogen (secondary N) is 6. The van der Waals surface area contributed by atoms with Gasteiger partial charge in [0.25, 0.3) is 40.1 Å². The zero-order chi connectivity index (χ0) is 64.1. The molecule has 0 radical (unpaired) electrons. The van der Waals surface area contributed by atoms with Crippen molar-refractivity contribution < 1.29 is 33.7 Å². The van der Waals surface area contributed by atoms with Gasteiger partial charge in [0.05, 0.1) is 42.4 Å². The molecule has 6 N–H and O–H groups in total. The third kappa shape index (κ3) is 12.5.